The highest BCUT2D eigenvalue weighted by atomic mass is 35.5. The van der Waals surface area contributed by atoms with Gasteiger partial charge < -0.3 is 9.84 Å². The highest BCUT2D eigenvalue weighted by Crippen LogP contribution is 2.38. The van der Waals surface area contributed by atoms with Crippen LogP contribution in [0, 0.1) is 17.2 Å². The molecule has 0 bridgehead atoms. The van der Waals surface area contributed by atoms with Crippen molar-refractivity contribution in [3.8, 4) is 0 Å². The van der Waals surface area contributed by atoms with Gasteiger partial charge in [-0.25, -0.2) is 4.39 Å². The van der Waals surface area contributed by atoms with Crippen molar-refractivity contribution in [2.45, 2.75) is 46.6 Å². The van der Waals surface area contributed by atoms with Gasteiger partial charge >= 0.3 is 0 Å². The normalized spacial score (nSPS) is 16.3. The quantitative estimate of drug-likeness (QED) is 0.531. The molecule has 1 amide bonds. The monoisotopic (exact) mass is 464 g/mol. The number of halogens is 3. The van der Waals surface area contributed by atoms with E-state index in [0.717, 1.165) is 30.6 Å². The zero-order chi connectivity index (χ0) is 22.3. The van der Waals surface area contributed by atoms with E-state index in [1.54, 1.807) is 6.07 Å². The Kier molecular flexibility index (Phi) is 5.83. The predicted octanol–water partition coefficient (Wildman–Crippen LogP) is 5.77. The van der Waals surface area contributed by atoms with Crippen LogP contribution in [-0.4, -0.2) is 20.8 Å². The van der Waals surface area contributed by atoms with Gasteiger partial charge in [0.15, 0.2) is 11.5 Å². The molecular formula is C22H23Cl2FN4O2. The second-order valence-corrected chi connectivity index (χ2v) is 9.73. The van der Waals surface area contributed by atoms with Gasteiger partial charge in [-0.2, -0.15) is 5.10 Å². The molecule has 1 aromatic carbocycles. The van der Waals surface area contributed by atoms with Crippen LogP contribution in [0.3, 0.4) is 0 Å². The number of nitrogens with one attached hydrogen (secondary N) is 1. The summed E-state index contributed by atoms with van der Waals surface area (Å²) < 4.78 is 20.9. The van der Waals surface area contributed by atoms with Crippen molar-refractivity contribution in [3.05, 3.63) is 62.8 Å². The fourth-order valence-electron chi connectivity index (χ4n) is 3.90. The number of benzene rings is 1. The number of rotatable bonds is 4. The molecule has 0 radical (unpaired) electrons. The van der Waals surface area contributed by atoms with Crippen molar-refractivity contribution < 1.29 is 13.7 Å². The summed E-state index contributed by atoms with van der Waals surface area (Å²) in [6.45, 7) is 6.67. The third-order valence-electron chi connectivity index (χ3n) is 5.81. The molecule has 3 aromatic rings. The summed E-state index contributed by atoms with van der Waals surface area (Å²) in [5.74, 6) is 0.484. The Balaban J connectivity index is 1.53. The molecule has 1 aliphatic carbocycles. The molecule has 0 saturated carbocycles. The minimum absolute atomic E-state index is 0.0771. The number of carbonyl (C=O) groups is 1. The maximum atomic E-state index is 14.1. The summed E-state index contributed by atoms with van der Waals surface area (Å²) in [4.78, 5) is 12.9. The molecule has 31 heavy (non-hydrogen) atoms. The van der Waals surface area contributed by atoms with Crippen molar-refractivity contribution in [1.29, 1.82) is 0 Å². The summed E-state index contributed by atoms with van der Waals surface area (Å²) >= 11 is 12.3. The van der Waals surface area contributed by atoms with E-state index in [0.29, 0.717) is 16.5 Å². The van der Waals surface area contributed by atoms with E-state index in [4.69, 9.17) is 27.7 Å². The van der Waals surface area contributed by atoms with Crippen LogP contribution < -0.4 is 5.32 Å². The summed E-state index contributed by atoms with van der Waals surface area (Å²) in [5.41, 5.74) is 1.52. The van der Waals surface area contributed by atoms with Crippen LogP contribution >= 0.6 is 23.2 Å². The largest absolute Gasteiger partial charge is 0.360 e. The molecule has 2 heterocycles. The number of fused-ring (bicyclic) bond motifs is 1. The van der Waals surface area contributed by atoms with Crippen molar-refractivity contribution in [2.24, 2.45) is 11.3 Å². The molecule has 1 atom stereocenters. The minimum atomic E-state index is -0.438. The number of carbonyl (C=O) groups excluding carboxylic acids is 1. The van der Waals surface area contributed by atoms with E-state index in [9.17, 15) is 9.18 Å². The number of amides is 1. The third-order valence-corrected chi connectivity index (χ3v) is 6.44. The molecule has 0 saturated heterocycles. The predicted molar refractivity (Wildman–Crippen MR) is 117 cm³/mol. The average molecular weight is 465 g/mol. The number of nitrogens with zero attached hydrogens (tertiary/aromatic N) is 3. The molecule has 4 rings (SSSR count). The molecule has 0 spiro atoms. The first kappa shape index (κ1) is 21.8. The van der Waals surface area contributed by atoms with Gasteiger partial charge in [0.1, 0.15) is 16.6 Å². The lowest BCUT2D eigenvalue weighted by atomic mass is 9.71. The number of anilines is 1. The van der Waals surface area contributed by atoms with E-state index in [-0.39, 0.29) is 28.5 Å². The van der Waals surface area contributed by atoms with Gasteiger partial charge in [0.2, 0.25) is 0 Å². The van der Waals surface area contributed by atoms with Gasteiger partial charge in [-0.05, 0) is 36.3 Å². The van der Waals surface area contributed by atoms with Gasteiger partial charge in [-0.3, -0.25) is 9.48 Å². The first-order valence-corrected chi connectivity index (χ1v) is 10.8. The molecule has 1 aliphatic rings. The van der Waals surface area contributed by atoms with E-state index < -0.39 is 11.7 Å². The lowest BCUT2D eigenvalue weighted by molar-refractivity contribution is 0.101. The molecule has 1 N–H and O–H groups in total. The Bertz CT molecular complexity index is 1110. The maximum Gasteiger partial charge on any atom is 0.279 e. The van der Waals surface area contributed by atoms with Crippen LogP contribution in [0.2, 0.25) is 10.0 Å². The van der Waals surface area contributed by atoms with Crippen molar-refractivity contribution in [1.82, 2.24) is 14.9 Å². The van der Waals surface area contributed by atoms with Crippen LogP contribution in [-0.2, 0) is 19.4 Å². The summed E-state index contributed by atoms with van der Waals surface area (Å²) in [6, 6.07) is 4.46. The first-order valence-electron chi connectivity index (χ1n) is 10.1. The topological polar surface area (TPSA) is 73.0 Å². The zero-order valence-corrected chi connectivity index (χ0v) is 19.0. The number of hydrogen-bond donors (Lipinski definition) is 1. The van der Waals surface area contributed by atoms with E-state index in [1.807, 2.05) is 0 Å². The molecule has 6 nitrogen and oxygen atoms in total. The average Bonchev–Trinajstić information content (AvgIpc) is 3.27. The van der Waals surface area contributed by atoms with Gasteiger partial charge in [-0.1, -0.05) is 55.2 Å². The lowest BCUT2D eigenvalue weighted by Crippen LogP contribution is -2.27. The van der Waals surface area contributed by atoms with E-state index in [2.05, 4.69) is 36.3 Å². The van der Waals surface area contributed by atoms with Crippen LogP contribution in [0.4, 0.5) is 10.2 Å². The van der Waals surface area contributed by atoms with Crippen molar-refractivity contribution >= 4 is 34.9 Å². The van der Waals surface area contributed by atoms with Crippen molar-refractivity contribution in [3.63, 3.8) is 0 Å². The Morgan fingerprint density at radius 1 is 1.32 bits per heavy atom. The molecule has 9 heteroatoms. The summed E-state index contributed by atoms with van der Waals surface area (Å²) in [7, 11) is 0. The molecule has 1 unspecified atom stereocenters. The SMILES string of the molecule is CC(C)(C)C1CCc2onc(C(=O)Nc3nn(Cc4c(F)cccc4Cl)cc3Cl)c2C1. The van der Waals surface area contributed by atoms with Gasteiger partial charge in [0.25, 0.3) is 5.91 Å². The Morgan fingerprint density at radius 3 is 2.81 bits per heavy atom. The second-order valence-electron chi connectivity index (χ2n) is 8.92. The Morgan fingerprint density at radius 2 is 2.10 bits per heavy atom. The first-order chi connectivity index (χ1) is 14.6. The molecule has 0 aliphatic heterocycles. The third kappa shape index (κ3) is 4.48. The van der Waals surface area contributed by atoms with Crippen LogP contribution in [0.1, 0.15) is 54.6 Å². The van der Waals surface area contributed by atoms with Gasteiger partial charge in [0, 0.05) is 28.8 Å². The number of hydrogen-bond acceptors (Lipinski definition) is 4. The van der Waals surface area contributed by atoms with E-state index in [1.165, 1.54) is 23.0 Å². The summed E-state index contributed by atoms with van der Waals surface area (Å²) in [6.07, 6.45) is 4.00. The van der Waals surface area contributed by atoms with Crippen LogP contribution in [0.25, 0.3) is 0 Å². The highest BCUT2D eigenvalue weighted by Gasteiger charge is 2.34. The minimum Gasteiger partial charge on any atom is -0.360 e. The molecule has 0 fully saturated rings. The zero-order valence-electron chi connectivity index (χ0n) is 17.5. The van der Waals surface area contributed by atoms with Gasteiger partial charge in [0.05, 0.1) is 6.54 Å². The van der Waals surface area contributed by atoms with Crippen LogP contribution in [0.5, 0.6) is 0 Å². The van der Waals surface area contributed by atoms with Crippen molar-refractivity contribution in [2.75, 3.05) is 5.32 Å². The molecular weight excluding hydrogens is 442 g/mol. The molecule has 164 valence electrons. The Hall–Kier alpha value is -2.38. The van der Waals surface area contributed by atoms with Crippen LogP contribution in [0.15, 0.2) is 28.9 Å². The lowest BCUT2D eigenvalue weighted by Gasteiger charge is -2.33. The second kappa shape index (κ2) is 8.28. The smallest absolute Gasteiger partial charge is 0.279 e. The Labute approximate surface area is 189 Å². The standard InChI is InChI=1S/C22H23Cl2FN4O2/c1-22(2,3)12-7-8-18-13(9-12)19(28-31-18)21(30)26-20-16(24)11-29(27-20)10-14-15(23)5-4-6-17(14)25/h4-6,11-12H,7-10H2,1-3H3,(H,26,27,30). The van der Waals surface area contributed by atoms with Gasteiger partial charge in [-0.15, -0.1) is 0 Å². The highest BCUT2D eigenvalue weighted by molar-refractivity contribution is 6.33. The fourth-order valence-corrected chi connectivity index (χ4v) is 4.32. The molecule has 2 aromatic heterocycles. The number of aryl methyl sites for hydroxylation is 1. The maximum absolute atomic E-state index is 14.1. The summed E-state index contributed by atoms with van der Waals surface area (Å²) in [5, 5.41) is 11.5. The number of aromatic nitrogens is 3. The fraction of sp³-hybridized carbons (Fsp3) is 0.409. The van der Waals surface area contributed by atoms with E-state index >= 15 is 0 Å².